The summed E-state index contributed by atoms with van der Waals surface area (Å²) in [5.74, 6) is 0. The predicted octanol–water partition coefficient (Wildman–Crippen LogP) is 17.6. The molecule has 2 aliphatic heterocycles. The lowest BCUT2D eigenvalue weighted by Crippen LogP contribution is -2.52. The molecule has 69 heavy (non-hydrogen) atoms. The SMILES string of the molecule is CC(C)(C)c1ccc2c(c1)c1cc(C(C)(C)C)cc3c1n2B1C2=C(c4cc5c(cc4C2(C)C)C(C)(C)CCC5(C)C)N(c2ccc4c(c2)C(C)(C)CCC4(C)C)c2cc4sc5ccccc5c4c-3c21. The van der Waals surface area contributed by atoms with E-state index >= 15 is 0 Å². The van der Waals surface area contributed by atoms with Crippen molar-refractivity contribution in [3.8, 4) is 11.1 Å². The Balaban J connectivity index is 1.25. The van der Waals surface area contributed by atoms with Crippen molar-refractivity contribution in [2.45, 2.75) is 174 Å². The van der Waals surface area contributed by atoms with Crippen molar-refractivity contribution in [3.63, 3.8) is 0 Å². The van der Waals surface area contributed by atoms with Crippen LogP contribution in [0.2, 0.25) is 0 Å². The van der Waals surface area contributed by atoms with E-state index in [0.29, 0.717) is 0 Å². The highest BCUT2D eigenvalue weighted by atomic mass is 32.1. The molecule has 4 heteroatoms. The third-order valence-electron chi connectivity index (χ3n) is 18.8. The molecule has 0 radical (unpaired) electrons. The molecule has 0 bridgehead atoms. The van der Waals surface area contributed by atoms with Gasteiger partial charge in [-0.1, -0.05) is 147 Å². The lowest BCUT2D eigenvalue weighted by atomic mass is 9.40. The molecular weight excluding hydrogens is 852 g/mol. The molecule has 13 rings (SSSR count). The molecule has 350 valence electrons. The van der Waals surface area contributed by atoms with Crippen LogP contribution in [0.15, 0.2) is 96.5 Å². The third-order valence-corrected chi connectivity index (χ3v) is 19.9. The van der Waals surface area contributed by atoms with Gasteiger partial charge in [0.2, 0.25) is 0 Å². The first-order valence-corrected chi connectivity index (χ1v) is 27.0. The van der Waals surface area contributed by atoms with Crippen LogP contribution in [0.4, 0.5) is 11.4 Å². The van der Waals surface area contributed by atoms with Gasteiger partial charge in [0.1, 0.15) is 0 Å². The molecule has 6 aromatic carbocycles. The number of fused-ring (bicyclic) bond motifs is 14. The third kappa shape index (κ3) is 5.73. The molecule has 0 N–H and O–H groups in total. The van der Waals surface area contributed by atoms with E-state index in [1.807, 2.05) is 11.3 Å². The summed E-state index contributed by atoms with van der Waals surface area (Å²) in [6.07, 6.45) is 4.78. The molecule has 2 nitrogen and oxygen atoms in total. The molecule has 0 spiro atoms. The molecule has 0 atom stereocenters. The Morgan fingerprint density at radius 1 is 0.522 bits per heavy atom. The van der Waals surface area contributed by atoms with Gasteiger partial charge in [0.15, 0.2) is 0 Å². The number of benzene rings is 6. The van der Waals surface area contributed by atoms with Gasteiger partial charge in [0, 0.05) is 75.6 Å². The number of rotatable bonds is 1. The molecule has 8 aromatic rings. The van der Waals surface area contributed by atoms with E-state index in [1.165, 1.54) is 146 Å². The highest BCUT2D eigenvalue weighted by Crippen LogP contribution is 2.61. The second-order valence-electron chi connectivity index (χ2n) is 27.5. The minimum Gasteiger partial charge on any atom is -0.376 e. The molecule has 2 aromatic heterocycles. The lowest BCUT2D eigenvalue weighted by molar-refractivity contribution is 0.331. The summed E-state index contributed by atoms with van der Waals surface area (Å²) in [5, 5.41) is 5.56. The zero-order valence-corrected chi connectivity index (χ0v) is 45.2. The molecule has 0 fully saturated rings. The number of hydrogen-bond acceptors (Lipinski definition) is 2. The first-order chi connectivity index (χ1) is 32.2. The molecule has 0 unspecified atom stereocenters. The standard InChI is InChI=1S/C65H71BN2S/c1-59(2,3)36-21-24-49-40(29-36)41-30-37(60(4,5)6)31-43-54-53-39-19-17-18-20-51(39)69-52(53)35-50-55(54)66(68(49)56(41)43)58-57(67(50)38-22-23-44-46(32-38)62(9,10)26-25-61(44,7)8)42-33-47-48(34-45(42)65(58,15)16)64(13,14)28-27-63(47,11)12/h17-24,29-35H,25-28H2,1-16H3. The molecule has 4 heterocycles. The highest BCUT2D eigenvalue weighted by Gasteiger charge is 2.55. The Hall–Kier alpha value is -5.06. The van der Waals surface area contributed by atoms with Crippen molar-refractivity contribution in [3.05, 3.63) is 141 Å². The van der Waals surface area contributed by atoms with E-state index in [9.17, 15) is 0 Å². The topological polar surface area (TPSA) is 8.17 Å². The largest absolute Gasteiger partial charge is 0.376 e. The van der Waals surface area contributed by atoms with Gasteiger partial charge in [-0.05, 0) is 168 Å². The van der Waals surface area contributed by atoms with Crippen molar-refractivity contribution in [1.82, 2.24) is 4.48 Å². The van der Waals surface area contributed by atoms with Crippen LogP contribution in [0.5, 0.6) is 0 Å². The zero-order valence-electron chi connectivity index (χ0n) is 44.4. The Bertz CT molecular complexity index is 3670. The summed E-state index contributed by atoms with van der Waals surface area (Å²) >= 11 is 1.98. The van der Waals surface area contributed by atoms with Crippen LogP contribution in [0, 0.1) is 0 Å². The normalized spacial score (nSPS) is 20.1. The first kappa shape index (κ1) is 43.9. The van der Waals surface area contributed by atoms with Crippen molar-refractivity contribution < 1.29 is 0 Å². The number of allylic oxidation sites excluding steroid dienone is 1. The Labute approximate surface area is 416 Å². The van der Waals surface area contributed by atoms with Crippen LogP contribution in [0.3, 0.4) is 0 Å². The van der Waals surface area contributed by atoms with Gasteiger partial charge in [-0.15, -0.1) is 11.3 Å². The average molecular weight is 923 g/mol. The molecule has 0 saturated heterocycles. The van der Waals surface area contributed by atoms with Crippen molar-refractivity contribution in [2.75, 3.05) is 4.90 Å². The maximum absolute atomic E-state index is 2.86. The molecule has 5 aliphatic rings. The fourth-order valence-electron chi connectivity index (χ4n) is 14.3. The summed E-state index contributed by atoms with van der Waals surface area (Å²) < 4.78 is 5.59. The summed E-state index contributed by atoms with van der Waals surface area (Å²) in [6, 6.07) is 37.7. The van der Waals surface area contributed by atoms with Crippen molar-refractivity contribution in [1.29, 1.82) is 0 Å². The van der Waals surface area contributed by atoms with Gasteiger partial charge < -0.3 is 9.38 Å². The minimum absolute atomic E-state index is 0.0145. The fraction of sp³-hybridized carbons (Fsp3) is 0.415. The first-order valence-electron chi connectivity index (χ1n) is 26.2. The van der Waals surface area contributed by atoms with Crippen LogP contribution < -0.4 is 10.4 Å². The number of anilines is 2. The van der Waals surface area contributed by atoms with E-state index in [2.05, 4.69) is 211 Å². The van der Waals surface area contributed by atoms with E-state index < -0.39 is 0 Å². The second kappa shape index (κ2) is 13.3. The van der Waals surface area contributed by atoms with Gasteiger partial charge in [-0.2, -0.15) is 0 Å². The van der Waals surface area contributed by atoms with Crippen LogP contribution in [-0.4, -0.2) is 11.3 Å². The second-order valence-corrected chi connectivity index (χ2v) is 28.6. The number of nitrogens with zero attached hydrogens (tertiary/aromatic N) is 2. The average Bonchev–Trinajstić information content (AvgIpc) is 3.89. The Kier molecular flexibility index (Phi) is 8.44. The summed E-state index contributed by atoms with van der Waals surface area (Å²) in [4.78, 5) is 2.81. The molecule has 3 aliphatic carbocycles. The van der Waals surface area contributed by atoms with Gasteiger partial charge in [0.05, 0.1) is 0 Å². The monoisotopic (exact) mass is 923 g/mol. The van der Waals surface area contributed by atoms with E-state index in [-0.39, 0.29) is 44.8 Å². The number of thiophene rings is 1. The minimum atomic E-state index is -0.284. The zero-order chi connectivity index (χ0) is 48.7. The van der Waals surface area contributed by atoms with Gasteiger partial charge >= 0.3 is 6.85 Å². The van der Waals surface area contributed by atoms with Crippen LogP contribution in [-0.2, 0) is 37.9 Å². The maximum atomic E-state index is 2.86. The Morgan fingerprint density at radius 2 is 1.13 bits per heavy atom. The molecule has 0 amide bonds. The summed E-state index contributed by atoms with van der Waals surface area (Å²) in [6.45, 7) is 39.4. The molecule has 0 saturated carbocycles. The maximum Gasteiger partial charge on any atom is 0.329 e. The Morgan fingerprint density at radius 3 is 1.80 bits per heavy atom. The quantitative estimate of drug-likeness (QED) is 0.149. The van der Waals surface area contributed by atoms with E-state index in [1.54, 1.807) is 5.56 Å². The van der Waals surface area contributed by atoms with Gasteiger partial charge in [-0.3, -0.25) is 0 Å². The fourth-order valence-corrected chi connectivity index (χ4v) is 15.5. The highest BCUT2D eigenvalue weighted by molar-refractivity contribution is 7.26. The summed E-state index contributed by atoms with van der Waals surface area (Å²) in [5.41, 5.74) is 24.4. The lowest BCUT2D eigenvalue weighted by Gasteiger charge is -2.45. The van der Waals surface area contributed by atoms with E-state index in [4.69, 9.17) is 0 Å². The van der Waals surface area contributed by atoms with Crippen LogP contribution >= 0.6 is 11.3 Å². The smallest absolute Gasteiger partial charge is 0.329 e. The number of aromatic nitrogens is 1. The van der Waals surface area contributed by atoms with Crippen LogP contribution in [0.25, 0.3) is 58.8 Å². The number of hydrogen-bond donors (Lipinski definition) is 0. The van der Waals surface area contributed by atoms with Gasteiger partial charge in [0.25, 0.3) is 0 Å². The summed E-state index contributed by atoms with van der Waals surface area (Å²) in [7, 11) is 0. The molecular formula is C65H71BN2S. The van der Waals surface area contributed by atoms with Crippen molar-refractivity contribution >= 4 is 82.7 Å². The van der Waals surface area contributed by atoms with E-state index in [0.717, 1.165) is 0 Å². The van der Waals surface area contributed by atoms with Gasteiger partial charge in [-0.25, -0.2) is 0 Å². The predicted molar refractivity (Wildman–Crippen MR) is 301 cm³/mol. The van der Waals surface area contributed by atoms with Crippen LogP contribution in [0.1, 0.15) is 181 Å². The van der Waals surface area contributed by atoms with Crippen molar-refractivity contribution in [2.24, 2.45) is 0 Å².